The van der Waals surface area contributed by atoms with Crippen LogP contribution in [0.3, 0.4) is 0 Å². The van der Waals surface area contributed by atoms with Crippen LogP contribution in [-0.2, 0) is 12.8 Å². The van der Waals surface area contributed by atoms with Crippen LogP contribution in [0, 0.1) is 6.92 Å². The van der Waals surface area contributed by atoms with Gasteiger partial charge in [0.15, 0.2) is 0 Å². The van der Waals surface area contributed by atoms with Gasteiger partial charge in [-0.2, -0.15) is 0 Å². The van der Waals surface area contributed by atoms with Crippen LogP contribution in [0.25, 0.3) is 11.3 Å². The molecular formula is C11H10N2O2S. The van der Waals surface area contributed by atoms with E-state index in [1.54, 1.807) is 17.5 Å². The van der Waals surface area contributed by atoms with Gasteiger partial charge in [-0.25, -0.2) is 9.78 Å². The van der Waals surface area contributed by atoms with E-state index in [2.05, 4.69) is 9.97 Å². The van der Waals surface area contributed by atoms with Gasteiger partial charge < -0.3 is 10.1 Å². The van der Waals surface area contributed by atoms with Gasteiger partial charge in [-0.1, -0.05) is 0 Å². The summed E-state index contributed by atoms with van der Waals surface area (Å²) in [4.78, 5) is 19.8. The van der Waals surface area contributed by atoms with Crippen LogP contribution in [-0.4, -0.2) is 21.0 Å². The summed E-state index contributed by atoms with van der Waals surface area (Å²) in [6, 6.07) is 0. The van der Waals surface area contributed by atoms with Crippen molar-refractivity contribution < 1.29 is 9.90 Å². The summed E-state index contributed by atoms with van der Waals surface area (Å²) in [5, 5.41) is 10.1. The number of carbonyl (C=O) groups is 1. The molecule has 2 aromatic rings. The van der Waals surface area contributed by atoms with Crippen LogP contribution in [0.5, 0.6) is 0 Å². The van der Waals surface area contributed by atoms with Crippen molar-refractivity contribution in [3.63, 3.8) is 0 Å². The van der Waals surface area contributed by atoms with E-state index in [1.165, 1.54) is 4.88 Å². The zero-order valence-corrected chi connectivity index (χ0v) is 9.52. The molecule has 0 bridgehead atoms. The molecule has 5 heteroatoms. The normalized spacial score (nSPS) is 13.3. The highest BCUT2D eigenvalue weighted by Gasteiger charge is 2.26. The standard InChI is InChI=1S/C11H10N2O2S/c1-5-13-10-8(16-5)3-2-7-9(10)6(4-12-7)11(14)15/h4,12H,2-3H2,1H3,(H,14,15). The molecule has 0 atom stereocenters. The summed E-state index contributed by atoms with van der Waals surface area (Å²) >= 11 is 1.66. The molecular weight excluding hydrogens is 224 g/mol. The number of carboxylic acids is 1. The van der Waals surface area contributed by atoms with Crippen molar-refractivity contribution in [3.8, 4) is 11.3 Å². The van der Waals surface area contributed by atoms with Crippen molar-refractivity contribution in [2.45, 2.75) is 19.8 Å². The van der Waals surface area contributed by atoms with E-state index < -0.39 is 5.97 Å². The summed E-state index contributed by atoms with van der Waals surface area (Å²) in [5.41, 5.74) is 2.98. The Bertz CT molecular complexity index is 583. The van der Waals surface area contributed by atoms with E-state index in [0.717, 1.165) is 34.8 Å². The Balaban J connectivity index is 2.28. The topological polar surface area (TPSA) is 66.0 Å². The predicted octanol–water partition coefficient (Wildman–Crippen LogP) is 2.24. The second-order valence-corrected chi connectivity index (χ2v) is 5.15. The minimum atomic E-state index is -0.893. The summed E-state index contributed by atoms with van der Waals surface area (Å²) in [6.07, 6.45) is 3.39. The third kappa shape index (κ3) is 1.21. The highest BCUT2D eigenvalue weighted by molar-refractivity contribution is 7.12. The monoisotopic (exact) mass is 234 g/mol. The van der Waals surface area contributed by atoms with Gasteiger partial charge in [0, 0.05) is 22.3 Å². The van der Waals surface area contributed by atoms with Crippen molar-refractivity contribution in [1.29, 1.82) is 0 Å². The number of aromatic amines is 1. The number of carboxylic acid groups (broad SMARTS) is 1. The molecule has 3 rings (SSSR count). The Hall–Kier alpha value is -1.62. The zero-order chi connectivity index (χ0) is 11.3. The van der Waals surface area contributed by atoms with E-state index >= 15 is 0 Å². The summed E-state index contributed by atoms with van der Waals surface area (Å²) in [7, 11) is 0. The molecule has 1 aliphatic rings. The van der Waals surface area contributed by atoms with E-state index in [-0.39, 0.29) is 0 Å². The van der Waals surface area contributed by atoms with Crippen LogP contribution < -0.4 is 0 Å². The maximum absolute atomic E-state index is 11.1. The van der Waals surface area contributed by atoms with Gasteiger partial charge in [0.1, 0.15) is 0 Å². The molecule has 0 spiro atoms. The van der Waals surface area contributed by atoms with E-state index in [0.29, 0.717) is 5.56 Å². The van der Waals surface area contributed by atoms with Crippen molar-refractivity contribution in [3.05, 3.63) is 27.3 Å². The molecule has 2 N–H and O–H groups in total. The molecule has 2 aromatic heterocycles. The first-order valence-corrected chi connectivity index (χ1v) is 5.88. The largest absolute Gasteiger partial charge is 0.478 e. The number of aryl methyl sites for hydroxylation is 3. The van der Waals surface area contributed by atoms with Crippen molar-refractivity contribution >= 4 is 17.3 Å². The van der Waals surface area contributed by atoms with Crippen molar-refractivity contribution in [2.24, 2.45) is 0 Å². The van der Waals surface area contributed by atoms with Crippen molar-refractivity contribution in [2.75, 3.05) is 0 Å². The minimum absolute atomic E-state index is 0.334. The van der Waals surface area contributed by atoms with Gasteiger partial charge in [0.2, 0.25) is 0 Å². The quantitative estimate of drug-likeness (QED) is 0.795. The van der Waals surface area contributed by atoms with E-state index in [9.17, 15) is 4.79 Å². The third-order valence-electron chi connectivity index (χ3n) is 2.84. The van der Waals surface area contributed by atoms with Gasteiger partial charge in [-0.3, -0.25) is 0 Å². The van der Waals surface area contributed by atoms with Crippen LogP contribution in [0.15, 0.2) is 6.20 Å². The molecule has 0 aromatic carbocycles. The first-order valence-electron chi connectivity index (χ1n) is 5.07. The summed E-state index contributed by atoms with van der Waals surface area (Å²) in [5.74, 6) is -0.893. The molecule has 82 valence electrons. The van der Waals surface area contributed by atoms with E-state index in [1.807, 2.05) is 6.92 Å². The van der Waals surface area contributed by atoms with Crippen LogP contribution in [0.2, 0.25) is 0 Å². The lowest BCUT2D eigenvalue weighted by Gasteiger charge is -2.11. The van der Waals surface area contributed by atoms with Crippen molar-refractivity contribution in [1.82, 2.24) is 9.97 Å². The molecule has 2 heterocycles. The highest BCUT2D eigenvalue weighted by Crippen LogP contribution is 2.37. The number of aromatic carboxylic acids is 1. The van der Waals surface area contributed by atoms with Crippen LogP contribution in [0.4, 0.5) is 0 Å². The van der Waals surface area contributed by atoms with Gasteiger partial charge >= 0.3 is 5.97 Å². The fraction of sp³-hybridized carbons (Fsp3) is 0.273. The van der Waals surface area contributed by atoms with Crippen LogP contribution in [0.1, 0.15) is 25.9 Å². The molecule has 0 unspecified atom stereocenters. The molecule has 16 heavy (non-hydrogen) atoms. The predicted molar refractivity (Wildman–Crippen MR) is 61.0 cm³/mol. The lowest BCUT2D eigenvalue weighted by molar-refractivity contribution is 0.0698. The van der Waals surface area contributed by atoms with Crippen LogP contribution >= 0.6 is 11.3 Å². The molecule has 0 saturated heterocycles. The maximum Gasteiger partial charge on any atom is 0.337 e. The fourth-order valence-corrected chi connectivity index (χ4v) is 3.12. The van der Waals surface area contributed by atoms with E-state index in [4.69, 9.17) is 5.11 Å². The van der Waals surface area contributed by atoms with Gasteiger partial charge in [-0.05, 0) is 19.8 Å². The summed E-state index contributed by atoms with van der Waals surface area (Å²) in [6.45, 7) is 1.95. The number of aromatic nitrogens is 2. The third-order valence-corrected chi connectivity index (χ3v) is 3.87. The molecule has 0 amide bonds. The zero-order valence-electron chi connectivity index (χ0n) is 8.70. The molecule has 0 saturated carbocycles. The SMILES string of the molecule is Cc1nc2c(s1)CCc1[nH]cc(C(=O)O)c1-2. The second kappa shape index (κ2) is 3.18. The minimum Gasteiger partial charge on any atom is -0.478 e. The first-order chi connectivity index (χ1) is 7.66. The second-order valence-electron chi connectivity index (χ2n) is 3.87. The number of fused-ring (bicyclic) bond motifs is 3. The fourth-order valence-electron chi connectivity index (χ4n) is 2.18. The number of nitrogens with zero attached hydrogens (tertiary/aromatic N) is 1. The number of hydrogen-bond donors (Lipinski definition) is 2. The molecule has 4 nitrogen and oxygen atoms in total. The Morgan fingerprint density at radius 3 is 3.12 bits per heavy atom. The summed E-state index contributed by atoms with van der Waals surface area (Å²) < 4.78 is 0. The number of hydrogen-bond acceptors (Lipinski definition) is 3. The Labute approximate surface area is 96.0 Å². The number of nitrogens with one attached hydrogen (secondary N) is 1. The number of rotatable bonds is 1. The Morgan fingerprint density at radius 2 is 2.38 bits per heavy atom. The van der Waals surface area contributed by atoms with Gasteiger partial charge in [-0.15, -0.1) is 11.3 Å². The number of H-pyrrole nitrogens is 1. The highest BCUT2D eigenvalue weighted by atomic mass is 32.1. The van der Waals surface area contributed by atoms with Gasteiger partial charge in [0.05, 0.1) is 16.3 Å². The maximum atomic E-state index is 11.1. The lowest BCUT2D eigenvalue weighted by atomic mass is 9.97. The Kier molecular flexibility index (Phi) is 1.91. The smallest absolute Gasteiger partial charge is 0.337 e. The molecule has 1 aliphatic carbocycles. The first kappa shape index (κ1) is 9.59. The average Bonchev–Trinajstić information content (AvgIpc) is 2.77. The Morgan fingerprint density at radius 1 is 1.56 bits per heavy atom. The number of thiazole rings is 1. The van der Waals surface area contributed by atoms with Gasteiger partial charge in [0.25, 0.3) is 0 Å². The average molecular weight is 234 g/mol. The molecule has 0 fully saturated rings. The lowest BCUT2D eigenvalue weighted by Crippen LogP contribution is -2.04. The molecule has 0 radical (unpaired) electrons. The molecule has 0 aliphatic heterocycles.